The number of primary amides is 1. The molecule has 0 aromatic rings. The van der Waals surface area contributed by atoms with E-state index in [1.807, 2.05) is 0 Å². The summed E-state index contributed by atoms with van der Waals surface area (Å²) in [5, 5.41) is 8.00. The van der Waals surface area contributed by atoms with Gasteiger partial charge in [0.15, 0.2) is 5.66 Å². The smallest absolute Gasteiger partial charge is 0.222 e. The number of hydrogen-bond donors (Lipinski definition) is 1. The topological polar surface area (TPSA) is 88.1 Å². The van der Waals surface area contributed by atoms with Crippen LogP contribution in [0.2, 0.25) is 0 Å². The molecule has 6 heteroatoms. The average Bonchev–Trinajstić information content (AvgIpc) is 3.08. The lowest BCUT2D eigenvalue weighted by molar-refractivity contribution is -0.139. The lowest BCUT2D eigenvalue weighted by atomic mass is 9.94. The molecule has 0 aromatic carbocycles. The Bertz CT molecular complexity index is 440. The van der Waals surface area contributed by atoms with Crippen molar-refractivity contribution in [3.8, 4) is 12.3 Å². The van der Waals surface area contributed by atoms with Crippen LogP contribution >= 0.6 is 0 Å². The van der Waals surface area contributed by atoms with Crippen molar-refractivity contribution in [3.63, 3.8) is 0 Å². The van der Waals surface area contributed by atoms with Crippen molar-refractivity contribution in [3.05, 3.63) is 0 Å². The van der Waals surface area contributed by atoms with E-state index < -0.39 is 0 Å². The first kappa shape index (κ1) is 13.5. The Morgan fingerprint density at radius 1 is 1.37 bits per heavy atom. The molecule has 6 nitrogen and oxygen atoms in total. The first-order valence-electron chi connectivity index (χ1n) is 6.48. The molecule has 0 unspecified atom stereocenters. The number of nitrogens with zero attached hydrogens (tertiary/aromatic N) is 3. The lowest BCUT2D eigenvalue weighted by Gasteiger charge is -2.39. The van der Waals surface area contributed by atoms with Crippen LogP contribution in [-0.2, 0) is 9.59 Å². The number of carbonyl (C=O) groups excluding carboxylic acids is 2. The maximum Gasteiger partial charge on any atom is 0.222 e. The van der Waals surface area contributed by atoms with Gasteiger partial charge in [0.1, 0.15) is 0 Å². The van der Waals surface area contributed by atoms with Gasteiger partial charge in [-0.3, -0.25) is 9.59 Å². The summed E-state index contributed by atoms with van der Waals surface area (Å²) in [6.07, 6.45) is 7.98. The SMILES string of the molecule is C#CCCC1(CCC(=O)N2CC(CC(N)=O)C2)N=N1. The van der Waals surface area contributed by atoms with Gasteiger partial charge in [0.05, 0.1) is 0 Å². The van der Waals surface area contributed by atoms with Crippen LogP contribution in [0.1, 0.15) is 32.1 Å². The second-order valence-corrected chi connectivity index (χ2v) is 5.22. The average molecular weight is 262 g/mol. The Morgan fingerprint density at radius 2 is 2.05 bits per heavy atom. The van der Waals surface area contributed by atoms with E-state index >= 15 is 0 Å². The fraction of sp³-hybridized carbons (Fsp3) is 0.692. The molecule has 2 amide bonds. The van der Waals surface area contributed by atoms with Crippen molar-refractivity contribution in [2.24, 2.45) is 21.9 Å². The third-order valence-electron chi connectivity index (χ3n) is 3.59. The van der Waals surface area contributed by atoms with E-state index in [0.717, 1.165) is 6.42 Å². The van der Waals surface area contributed by atoms with Gasteiger partial charge in [-0.15, -0.1) is 12.3 Å². The van der Waals surface area contributed by atoms with Crippen LogP contribution in [0.15, 0.2) is 10.2 Å². The van der Waals surface area contributed by atoms with E-state index in [1.54, 1.807) is 4.90 Å². The molecule has 2 aliphatic rings. The summed E-state index contributed by atoms with van der Waals surface area (Å²) in [5.74, 6) is 2.58. The molecule has 2 rings (SSSR count). The minimum Gasteiger partial charge on any atom is -0.370 e. The monoisotopic (exact) mass is 262 g/mol. The van der Waals surface area contributed by atoms with Gasteiger partial charge < -0.3 is 10.6 Å². The Kier molecular flexibility index (Phi) is 3.84. The number of nitrogens with two attached hydrogens (primary N) is 1. The number of hydrogen-bond acceptors (Lipinski definition) is 4. The predicted octanol–water partition coefficient (Wildman–Crippen LogP) is 0.676. The summed E-state index contributed by atoms with van der Waals surface area (Å²) in [5.41, 5.74) is 4.72. The molecule has 0 spiro atoms. The third kappa shape index (κ3) is 3.53. The van der Waals surface area contributed by atoms with Crippen molar-refractivity contribution < 1.29 is 9.59 Å². The van der Waals surface area contributed by atoms with Crippen LogP contribution in [0, 0.1) is 18.3 Å². The normalized spacial score (nSPS) is 19.6. The molecule has 1 saturated heterocycles. The van der Waals surface area contributed by atoms with Gasteiger partial charge in [-0.2, -0.15) is 10.2 Å². The van der Waals surface area contributed by atoms with Crippen LogP contribution in [0.25, 0.3) is 0 Å². The van der Waals surface area contributed by atoms with Gasteiger partial charge in [0, 0.05) is 51.1 Å². The molecule has 1 fully saturated rings. The highest BCUT2D eigenvalue weighted by molar-refractivity contribution is 5.78. The molecule has 102 valence electrons. The standard InChI is InChI=1S/C13H18N4O2/c1-2-3-5-13(15-16-13)6-4-12(19)17-8-10(9-17)7-11(14)18/h1,10H,3-9H2,(H2,14,18). The summed E-state index contributed by atoms with van der Waals surface area (Å²) < 4.78 is 0. The molecule has 0 aromatic heterocycles. The van der Waals surface area contributed by atoms with Crippen molar-refractivity contribution in [2.45, 2.75) is 37.8 Å². The quantitative estimate of drug-likeness (QED) is 0.684. The van der Waals surface area contributed by atoms with Crippen molar-refractivity contribution >= 4 is 11.8 Å². The number of carbonyl (C=O) groups is 2. The highest BCUT2D eigenvalue weighted by Crippen LogP contribution is 2.38. The van der Waals surface area contributed by atoms with E-state index in [9.17, 15) is 9.59 Å². The molecular formula is C13H18N4O2. The van der Waals surface area contributed by atoms with Gasteiger partial charge in [-0.05, 0) is 0 Å². The third-order valence-corrected chi connectivity index (χ3v) is 3.59. The molecule has 0 aliphatic carbocycles. The zero-order chi connectivity index (χ0) is 13.9. The van der Waals surface area contributed by atoms with Gasteiger partial charge in [-0.1, -0.05) is 0 Å². The number of likely N-dealkylation sites (tertiary alicyclic amines) is 1. The van der Waals surface area contributed by atoms with E-state index in [-0.39, 0.29) is 23.4 Å². The summed E-state index contributed by atoms with van der Waals surface area (Å²) >= 11 is 0. The summed E-state index contributed by atoms with van der Waals surface area (Å²) in [6, 6.07) is 0. The highest BCUT2D eigenvalue weighted by atomic mass is 16.2. The Morgan fingerprint density at radius 3 is 2.58 bits per heavy atom. The second kappa shape index (κ2) is 5.39. The number of rotatable bonds is 7. The van der Waals surface area contributed by atoms with Crippen molar-refractivity contribution in [1.82, 2.24) is 4.90 Å². The molecule has 19 heavy (non-hydrogen) atoms. The van der Waals surface area contributed by atoms with E-state index in [4.69, 9.17) is 12.2 Å². The highest BCUT2D eigenvalue weighted by Gasteiger charge is 2.40. The largest absolute Gasteiger partial charge is 0.370 e. The van der Waals surface area contributed by atoms with Crippen LogP contribution in [0.4, 0.5) is 0 Å². The maximum absolute atomic E-state index is 11.9. The Hall–Kier alpha value is -1.90. The molecule has 0 radical (unpaired) electrons. The van der Waals surface area contributed by atoms with Crippen LogP contribution < -0.4 is 5.73 Å². The fourth-order valence-corrected chi connectivity index (χ4v) is 2.32. The molecule has 2 heterocycles. The van der Waals surface area contributed by atoms with Crippen molar-refractivity contribution in [2.75, 3.05) is 13.1 Å². The lowest BCUT2D eigenvalue weighted by Crippen LogP contribution is -2.51. The first-order chi connectivity index (χ1) is 9.04. The fourth-order valence-electron chi connectivity index (χ4n) is 2.32. The second-order valence-electron chi connectivity index (χ2n) is 5.22. The Balaban J connectivity index is 1.64. The maximum atomic E-state index is 11.9. The summed E-state index contributed by atoms with van der Waals surface area (Å²) in [4.78, 5) is 24.4. The molecule has 0 atom stereocenters. The molecular weight excluding hydrogens is 244 g/mol. The minimum atomic E-state index is -0.389. The van der Waals surface area contributed by atoms with Gasteiger partial charge in [0.2, 0.25) is 11.8 Å². The zero-order valence-corrected chi connectivity index (χ0v) is 10.8. The van der Waals surface area contributed by atoms with Gasteiger partial charge in [0.25, 0.3) is 0 Å². The summed E-state index contributed by atoms with van der Waals surface area (Å²) in [6.45, 7) is 1.26. The number of amides is 2. The van der Waals surface area contributed by atoms with Crippen LogP contribution in [-0.4, -0.2) is 35.5 Å². The predicted molar refractivity (Wildman–Crippen MR) is 68.8 cm³/mol. The summed E-state index contributed by atoms with van der Waals surface area (Å²) in [7, 11) is 0. The van der Waals surface area contributed by atoms with E-state index in [0.29, 0.717) is 38.8 Å². The molecule has 0 saturated carbocycles. The van der Waals surface area contributed by atoms with Gasteiger partial charge >= 0.3 is 0 Å². The van der Waals surface area contributed by atoms with Crippen molar-refractivity contribution in [1.29, 1.82) is 0 Å². The van der Waals surface area contributed by atoms with Crippen LogP contribution in [0.3, 0.4) is 0 Å². The molecule has 0 bridgehead atoms. The van der Waals surface area contributed by atoms with Gasteiger partial charge in [-0.25, -0.2) is 0 Å². The molecule has 2 N–H and O–H groups in total. The zero-order valence-electron chi connectivity index (χ0n) is 10.8. The van der Waals surface area contributed by atoms with E-state index in [2.05, 4.69) is 16.1 Å². The number of terminal acetylenes is 1. The Labute approximate surface area is 112 Å². The molecule has 2 aliphatic heterocycles. The minimum absolute atomic E-state index is 0.0955. The van der Waals surface area contributed by atoms with Crippen LogP contribution in [0.5, 0.6) is 0 Å². The first-order valence-corrected chi connectivity index (χ1v) is 6.48. The van der Waals surface area contributed by atoms with E-state index in [1.165, 1.54) is 0 Å².